The molecule has 0 fully saturated rings. The van der Waals surface area contributed by atoms with Crippen LogP contribution >= 0.6 is 0 Å². The highest BCUT2D eigenvalue weighted by atomic mass is 16.2. The van der Waals surface area contributed by atoms with Gasteiger partial charge in [0.1, 0.15) is 5.69 Å². The summed E-state index contributed by atoms with van der Waals surface area (Å²) in [6.07, 6.45) is 0. The average Bonchev–Trinajstić information content (AvgIpc) is 3.40. The van der Waals surface area contributed by atoms with E-state index in [1.807, 2.05) is 60.7 Å². The van der Waals surface area contributed by atoms with Crippen LogP contribution in [0.5, 0.6) is 0 Å². The van der Waals surface area contributed by atoms with E-state index < -0.39 is 11.8 Å². The number of amides is 2. The first-order valence-corrected chi connectivity index (χ1v) is 10.9. The van der Waals surface area contributed by atoms with Gasteiger partial charge in [0.2, 0.25) is 0 Å². The topological polar surface area (TPSA) is 122 Å². The molecule has 3 aromatic carbocycles. The summed E-state index contributed by atoms with van der Waals surface area (Å²) >= 11 is 0. The third-order valence-electron chi connectivity index (χ3n) is 5.44. The molecule has 0 saturated carbocycles. The number of hydrogen-bond acceptors (Lipinski definition) is 5. The van der Waals surface area contributed by atoms with E-state index in [2.05, 4.69) is 26.1 Å². The Labute approximate surface area is 199 Å². The highest BCUT2D eigenvalue weighted by Gasteiger charge is 2.18. The molecular weight excluding hydrogens is 444 g/mol. The number of carbonyl (C=O) groups is 2. The normalized spacial score (nSPS) is 10.7. The average molecular weight is 464 g/mol. The SMILES string of the molecule is O=C(NNC(=O)c1nn(Cc2ccccc2)c(=O)c2ccccc12)c1cc(-c2ccccc2)n[nH]1. The van der Waals surface area contributed by atoms with Crippen LogP contribution in [0.3, 0.4) is 0 Å². The van der Waals surface area contributed by atoms with Gasteiger partial charge in [0.15, 0.2) is 5.69 Å². The molecule has 0 aliphatic heterocycles. The molecule has 0 bridgehead atoms. The van der Waals surface area contributed by atoms with Crippen LogP contribution < -0.4 is 16.4 Å². The van der Waals surface area contributed by atoms with E-state index in [9.17, 15) is 14.4 Å². The van der Waals surface area contributed by atoms with Gasteiger partial charge in [0, 0.05) is 10.9 Å². The van der Waals surface area contributed by atoms with E-state index in [-0.39, 0.29) is 23.5 Å². The number of aromatic amines is 1. The molecule has 0 aliphatic carbocycles. The van der Waals surface area contributed by atoms with Gasteiger partial charge < -0.3 is 0 Å². The minimum absolute atomic E-state index is 0.0195. The number of rotatable bonds is 5. The van der Waals surface area contributed by atoms with Crippen LogP contribution in [0.2, 0.25) is 0 Å². The van der Waals surface area contributed by atoms with Crippen LogP contribution in [0.25, 0.3) is 22.0 Å². The van der Waals surface area contributed by atoms with Crippen LogP contribution in [0.15, 0.2) is 95.8 Å². The van der Waals surface area contributed by atoms with Gasteiger partial charge in [0.05, 0.1) is 17.6 Å². The van der Waals surface area contributed by atoms with Gasteiger partial charge in [-0.1, -0.05) is 78.9 Å². The van der Waals surface area contributed by atoms with Crippen molar-refractivity contribution < 1.29 is 9.59 Å². The molecule has 0 spiro atoms. The highest BCUT2D eigenvalue weighted by molar-refractivity contribution is 6.05. The summed E-state index contributed by atoms with van der Waals surface area (Å²) in [4.78, 5) is 38.6. The van der Waals surface area contributed by atoms with Gasteiger partial charge >= 0.3 is 0 Å². The molecule has 2 heterocycles. The first-order valence-electron chi connectivity index (χ1n) is 10.9. The van der Waals surface area contributed by atoms with Crippen LogP contribution in [0.1, 0.15) is 26.5 Å². The molecule has 0 radical (unpaired) electrons. The lowest BCUT2D eigenvalue weighted by Crippen LogP contribution is -2.43. The van der Waals surface area contributed by atoms with Gasteiger partial charge in [0.25, 0.3) is 17.4 Å². The number of nitrogens with zero attached hydrogens (tertiary/aromatic N) is 3. The molecule has 2 aromatic heterocycles. The summed E-state index contributed by atoms with van der Waals surface area (Å²) in [7, 11) is 0. The molecular formula is C26H20N6O3. The van der Waals surface area contributed by atoms with Gasteiger partial charge in [-0.15, -0.1) is 0 Å². The Hall–Kier alpha value is -5.05. The van der Waals surface area contributed by atoms with Crippen molar-refractivity contribution in [1.29, 1.82) is 0 Å². The fourth-order valence-electron chi connectivity index (χ4n) is 3.70. The standard InChI is InChI=1S/C26H20N6O3/c33-24(22-15-21(27-28-22)18-11-5-2-6-12-18)29-30-25(34)23-19-13-7-8-14-20(19)26(35)32(31-23)16-17-9-3-1-4-10-17/h1-15H,16H2,(H,27,28)(H,29,33)(H,30,34). The van der Waals surface area contributed by atoms with Crippen molar-refractivity contribution in [2.75, 3.05) is 0 Å². The second kappa shape index (κ2) is 9.44. The van der Waals surface area contributed by atoms with Crippen LogP contribution in [0.4, 0.5) is 0 Å². The zero-order valence-corrected chi connectivity index (χ0v) is 18.4. The molecule has 3 N–H and O–H groups in total. The highest BCUT2D eigenvalue weighted by Crippen LogP contribution is 2.17. The molecule has 0 saturated heterocycles. The van der Waals surface area contributed by atoms with Crippen LogP contribution in [-0.4, -0.2) is 31.8 Å². The molecule has 35 heavy (non-hydrogen) atoms. The van der Waals surface area contributed by atoms with Crippen molar-refractivity contribution in [1.82, 2.24) is 30.8 Å². The smallest absolute Gasteiger partial charge is 0.272 e. The maximum atomic E-state index is 13.0. The van der Waals surface area contributed by atoms with Crippen molar-refractivity contribution in [3.8, 4) is 11.3 Å². The van der Waals surface area contributed by atoms with Crippen molar-refractivity contribution >= 4 is 22.6 Å². The number of benzene rings is 3. The van der Waals surface area contributed by atoms with Crippen molar-refractivity contribution in [3.63, 3.8) is 0 Å². The minimum Gasteiger partial charge on any atom is -0.272 e. The lowest BCUT2D eigenvalue weighted by atomic mass is 10.1. The molecule has 5 aromatic rings. The van der Waals surface area contributed by atoms with Gasteiger partial charge in [-0.05, 0) is 17.7 Å². The second-order valence-electron chi connectivity index (χ2n) is 7.78. The Morgan fingerprint density at radius 1 is 0.800 bits per heavy atom. The first-order chi connectivity index (χ1) is 17.1. The summed E-state index contributed by atoms with van der Waals surface area (Å²) in [5.74, 6) is -1.23. The molecule has 9 nitrogen and oxygen atoms in total. The molecule has 5 rings (SSSR count). The number of nitrogens with one attached hydrogen (secondary N) is 3. The monoisotopic (exact) mass is 464 g/mol. The Bertz CT molecular complexity index is 1580. The first kappa shape index (κ1) is 21.8. The third kappa shape index (κ3) is 4.55. The predicted molar refractivity (Wildman–Crippen MR) is 131 cm³/mol. The number of aromatic nitrogens is 4. The predicted octanol–water partition coefficient (Wildman–Crippen LogP) is 2.91. The van der Waals surface area contributed by atoms with E-state index >= 15 is 0 Å². The Balaban J connectivity index is 1.38. The van der Waals surface area contributed by atoms with E-state index in [0.29, 0.717) is 16.5 Å². The fourth-order valence-corrected chi connectivity index (χ4v) is 3.70. The zero-order valence-electron chi connectivity index (χ0n) is 18.4. The third-order valence-corrected chi connectivity index (χ3v) is 5.44. The van der Waals surface area contributed by atoms with Gasteiger partial charge in [-0.2, -0.15) is 10.2 Å². The summed E-state index contributed by atoms with van der Waals surface area (Å²) in [5.41, 5.74) is 6.96. The van der Waals surface area contributed by atoms with E-state index in [4.69, 9.17) is 0 Å². The molecule has 0 aliphatic rings. The Morgan fingerprint density at radius 2 is 1.43 bits per heavy atom. The lowest BCUT2D eigenvalue weighted by molar-refractivity contribution is 0.0841. The molecule has 0 unspecified atom stereocenters. The molecule has 0 atom stereocenters. The minimum atomic E-state index is -0.654. The maximum absolute atomic E-state index is 13.0. The van der Waals surface area contributed by atoms with Crippen LogP contribution in [0, 0.1) is 0 Å². The van der Waals surface area contributed by atoms with Crippen molar-refractivity contribution in [2.24, 2.45) is 0 Å². The Morgan fingerprint density at radius 3 is 2.17 bits per heavy atom. The number of H-pyrrole nitrogens is 1. The van der Waals surface area contributed by atoms with Crippen molar-refractivity contribution in [3.05, 3.63) is 118 Å². The van der Waals surface area contributed by atoms with E-state index in [0.717, 1.165) is 11.1 Å². The summed E-state index contributed by atoms with van der Waals surface area (Å²) < 4.78 is 1.25. The van der Waals surface area contributed by atoms with Gasteiger partial charge in [-0.3, -0.25) is 30.3 Å². The van der Waals surface area contributed by atoms with Crippen molar-refractivity contribution in [2.45, 2.75) is 6.54 Å². The fraction of sp³-hybridized carbons (Fsp3) is 0.0385. The number of hydrazine groups is 1. The summed E-state index contributed by atoms with van der Waals surface area (Å²) in [6.45, 7) is 0.202. The second-order valence-corrected chi connectivity index (χ2v) is 7.78. The summed E-state index contributed by atoms with van der Waals surface area (Å²) in [6, 6.07) is 27.1. The van der Waals surface area contributed by atoms with Crippen LogP contribution in [-0.2, 0) is 6.54 Å². The molecule has 2 amide bonds. The largest absolute Gasteiger partial charge is 0.290 e. The van der Waals surface area contributed by atoms with E-state index in [1.54, 1.807) is 30.3 Å². The number of carbonyl (C=O) groups excluding carboxylic acids is 2. The Kier molecular flexibility index (Phi) is 5.87. The molecule has 172 valence electrons. The maximum Gasteiger partial charge on any atom is 0.290 e. The number of hydrogen-bond donors (Lipinski definition) is 3. The quantitative estimate of drug-likeness (QED) is 0.345. The van der Waals surface area contributed by atoms with Gasteiger partial charge in [-0.25, -0.2) is 4.68 Å². The lowest BCUT2D eigenvalue weighted by Gasteiger charge is -2.12. The van der Waals surface area contributed by atoms with E-state index in [1.165, 1.54) is 4.68 Å². The zero-order chi connectivity index (χ0) is 24.2. The molecule has 9 heteroatoms. The number of fused-ring (bicyclic) bond motifs is 1. The summed E-state index contributed by atoms with van der Waals surface area (Å²) in [5, 5.41) is 11.9.